The van der Waals surface area contributed by atoms with E-state index in [-0.39, 0.29) is 35.4 Å². The van der Waals surface area contributed by atoms with Crippen LogP contribution in [0.25, 0.3) is 0 Å². The Balaban J connectivity index is 2.06. The van der Waals surface area contributed by atoms with Gasteiger partial charge in [0.25, 0.3) is 10.0 Å². The SMILES string of the molecule is CCC(C(=O)NCC(C)C)N(Cc1ccc(F)cc1)C(=O)CN(c1ccc(C)c(Cl)c1)S(=O)(=O)c1ccc(C)cc1. The number of nitrogens with one attached hydrogen (secondary N) is 1. The summed E-state index contributed by atoms with van der Waals surface area (Å²) in [5.74, 6) is -1.17. The second-order valence-corrected chi connectivity index (χ2v) is 12.7. The van der Waals surface area contributed by atoms with Crippen LogP contribution >= 0.6 is 11.6 Å². The number of nitrogens with zero attached hydrogens (tertiary/aromatic N) is 2. The van der Waals surface area contributed by atoms with Gasteiger partial charge in [0.15, 0.2) is 0 Å². The van der Waals surface area contributed by atoms with Crippen molar-refractivity contribution >= 4 is 39.1 Å². The smallest absolute Gasteiger partial charge is 0.264 e. The molecular formula is C31H37ClFN3O4S. The van der Waals surface area contributed by atoms with Crippen LogP contribution in [0, 0.1) is 25.6 Å². The van der Waals surface area contributed by atoms with Crippen molar-refractivity contribution in [3.8, 4) is 0 Å². The largest absolute Gasteiger partial charge is 0.354 e. The van der Waals surface area contributed by atoms with Gasteiger partial charge in [-0.3, -0.25) is 13.9 Å². The first-order chi connectivity index (χ1) is 19.3. The number of carbonyl (C=O) groups is 2. The summed E-state index contributed by atoms with van der Waals surface area (Å²) in [5.41, 5.74) is 2.45. The highest BCUT2D eigenvalue weighted by Crippen LogP contribution is 2.29. The zero-order valence-corrected chi connectivity index (χ0v) is 25.6. The number of rotatable bonds is 12. The lowest BCUT2D eigenvalue weighted by atomic mass is 10.1. The molecule has 1 N–H and O–H groups in total. The molecule has 0 aliphatic heterocycles. The predicted octanol–water partition coefficient (Wildman–Crippen LogP) is 5.87. The summed E-state index contributed by atoms with van der Waals surface area (Å²) >= 11 is 6.37. The summed E-state index contributed by atoms with van der Waals surface area (Å²) in [7, 11) is -4.20. The monoisotopic (exact) mass is 601 g/mol. The highest BCUT2D eigenvalue weighted by atomic mass is 35.5. The Morgan fingerprint density at radius 2 is 1.61 bits per heavy atom. The van der Waals surface area contributed by atoms with Crippen LogP contribution < -0.4 is 9.62 Å². The van der Waals surface area contributed by atoms with Gasteiger partial charge in [-0.05, 0) is 73.7 Å². The van der Waals surface area contributed by atoms with E-state index in [9.17, 15) is 22.4 Å². The molecule has 10 heteroatoms. The van der Waals surface area contributed by atoms with Crippen molar-refractivity contribution in [1.82, 2.24) is 10.2 Å². The number of hydrogen-bond donors (Lipinski definition) is 1. The van der Waals surface area contributed by atoms with Crippen LogP contribution in [0.1, 0.15) is 43.9 Å². The molecule has 41 heavy (non-hydrogen) atoms. The molecule has 1 atom stereocenters. The van der Waals surface area contributed by atoms with Crippen LogP contribution in [-0.2, 0) is 26.2 Å². The van der Waals surface area contributed by atoms with Gasteiger partial charge in [0.2, 0.25) is 11.8 Å². The Labute approximate surface area is 247 Å². The summed E-state index contributed by atoms with van der Waals surface area (Å²) in [4.78, 5) is 28.7. The summed E-state index contributed by atoms with van der Waals surface area (Å²) < 4.78 is 42.5. The maximum absolute atomic E-state index is 14.1. The summed E-state index contributed by atoms with van der Waals surface area (Å²) in [6, 6.07) is 15.9. The highest BCUT2D eigenvalue weighted by molar-refractivity contribution is 7.92. The van der Waals surface area contributed by atoms with Crippen LogP contribution in [0.3, 0.4) is 0 Å². The van der Waals surface area contributed by atoms with Gasteiger partial charge in [0.1, 0.15) is 18.4 Å². The van der Waals surface area contributed by atoms with E-state index in [2.05, 4.69) is 5.32 Å². The Morgan fingerprint density at radius 3 is 2.17 bits per heavy atom. The van der Waals surface area contributed by atoms with E-state index in [1.54, 1.807) is 38.1 Å². The number of amides is 2. The van der Waals surface area contributed by atoms with Crippen LogP contribution in [0.4, 0.5) is 10.1 Å². The molecule has 220 valence electrons. The maximum Gasteiger partial charge on any atom is 0.264 e. The number of halogens is 2. The topological polar surface area (TPSA) is 86.8 Å². The van der Waals surface area contributed by atoms with Crippen molar-refractivity contribution in [2.45, 2.75) is 58.5 Å². The summed E-state index contributed by atoms with van der Waals surface area (Å²) in [6.07, 6.45) is 0.290. The third kappa shape index (κ3) is 8.30. The lowest BCUT2D eigenvalue weighted by Crippen LogP contribution is -2.52. The van der Waals surface area contributed by atoms with Crippen molar-refractivity contribution in [2.24, 2.45) is 5.92 Å². The van der Waals surface area contributed by atoms with Crippen molar-refractivity contribution in [3.05, 3.63) is 94.3 Å². The Hall–Kier alpha value is -3.43. The van der Waals surface area contributed by atoms with Gasteiger partial charge in [0, 0.05) is 18.1 Å². The van der Waals surface area contributed by atoms with Crippen molar-refractivity contribution in [1.29, 1.82) is 0 Å². The fourth-order valence-corrected chi connectivity index (χ4v) is 5.81. The van der Waals surface area contributed by atoms with E-state index in [0.29, 0.717) is 17.1 Å². The summed E-state index contributed by atoms with van der Waals surface area (Å²) in [5, 5.41) is 3.23. The minimum absolute atomic E-state index is 0.0133. The van der Waals surface area contributed by atoms with E-state index in [4.69, 9.17) is 11.6 Å². The lowest BCUT2D eigenvalue weighted by molar-refractivity contribution is -0.140. The molecule has 1 unspecified atom stereocenters. The first-order valence-electron chi connectivity index (χ1n) is 13.5. The molecule has 0 aromatic heterocycles. The van der Waals surface area contributed by atoms with Crippen molar-refractivity contribution < 1.29 is 22.4 Å². The molecule has 2 amide bonds. The molecule has 0 bridgehead atoms. The van der Waals surface area contributed by atoms with Crippen molar-refractivity contribution in [3.63, 3.8) is 0 Å². The van der Waals surface area contributed by atoms with Gasteiger partial charge in [-0.2, -0.15) is 0 Å². The number of anilines is 1. The molecule has 0 aliphatic rings. The van der Waals surface area contributed by atoms with E-state index < -0.39 is 34.3 Å². The number of hydrogen-bond acceptors (Lipinski definition) is 4. The van der Waals surface area contributed by atoms with Gasteiger partial charge in [-0.25, -0.2) is 12.8 Å². The minimum Gasteiger partial charge on any atom is -0.354 e. The molecule has 7 nitrogen and oxygen atoms in total. The first kappa shape index (κ1) is 32.1. The van der Waals surface area contributed by atoms with Gasteiger partial charge in [-0.1, -0.05) is 68.3 Å². The predicted molar refractivity (Wildman–Crippen MR) is 161 cm³/mol. The van der Waals surface area contributed by atoms with E-state index in [1.165, 1.54) is 47.4 Å². The zero-order valence-electron chi connectivity index (χ0n) is 24.0. The average Bonchev–Trinajstić information content (AvgIpc) is 2.93. The molecular weight excluding hydrogens is 565 g/mol. The molecule has 0 saturated heterocycles. The molecule has 0 saturated carbocycles. The maximum atomic E-state index is 14.1. The zero-order chi connectivity index (χ0) is 30.3. The van der Waals surface area contributed by atoms with Crippen molar-refractivity contribution in [2.75, 3.05) is 17.4 Å². The number of aryl methyl sites for hydroxylation is 2. The normalized spacial score (nSPS) is 12.2. The van der Waals surface area contributed by atoms with E-state index in [1.807, 2.05) is 20.8 Å². The molecule has 0 fully saturated rings. The van der Waals surface area contributed by atoms with E-state index in [0.717, 1.165) is 15.4 Å². The average molecular weight is 602 g/mol. The molecule has 3 aromatic carbocycles. The number of benzene rings is 3. The van der Waals surface area contributed by atoms with Crippen LogP contribution in [0.2, 0.25) is 5.02 Å². The molecule has 3 rings (SSSR count). The van der Waals surface area contributed by atoms with Gasteiger partial charge >= 0.3 is 0 Å². The Bertz CT molecular complexity index is 1460. The third-order valence-electron chi connectivity index (χ3n) is 6.67. The van der Waals surface area contributed by atoms with Gasteiger partial charge in [-0.15, -0.1) is 0 Å². The lowest BCUT2D eigenvalue weighted by Gasteiger charge is -2.33. The standard InChI is InChI=1S/C31H37ClFN3O4S/c1-6-29(31(38)34-18-21(2)3)35(19-24-10-12-25(33)13-11-24)30(37)20-36(26-14-9-23(5)28(32)17-26)41(39,40)27-15-7-22(4)8-16-27/h7-17,21,29H,6,18-20H2,1-5H3,(H,34,38). The second kappa shape index (κ2) is 14.0. The molecule has 0 radical (unpaired) electrons. The van der Waals surface area contributed by atoms with Crippen LogP contribution in [-0.4, -0.2) is 44.3 Å². The molecule has 0 spiro atoms. The fraction of sp³-hybridized carbons (Fsp3) is 0.355. The molecule has 0 heterocycles. The first-order valence-corrected chi connectivity index (χ1v) is 15.3. The van der Waals surface area contributed by atoms with Crippen LogP contribution in [0.5, 0.6) is 0 Å². The quantitative estimate of drug-likeness (QED) is 0.281. The second-order valence-electron chi connectivity index (χ2n) is 10.5. The minimum atomic E-state index is -4.20. The number of sulfonamides is 1. The van der Waals surface area contributed by atoms with Gasteiger partial charge in [0.05, 0.1) is 10.6 Å². The third-order valence-corrected chi connectivity index (χ3v) is 8.86. The molecule has 0 aliphatic carbocycles. The fourth-order valence-electron chi connectivity index (χ4n) is 4.23. The Kier molecular flexibility index (Phi) is 10.9. The van der Waals surface area contributed by atoms with E-state index >= 15 is 0 Å². The van der Waals surface area contributed by atoms with Crippen LogP contribution in [0.15, 0.2) is 71.6 Å². The highest BCUT2D eigenvalue weighted by Gasteiger charge is 2.34. The molecule has 3 aromatic rings. The summed E-state index contributed by atoms with van der Waals surface area (Å²) in [6.45, 7) is 9.17. The Morgan fingerprint density at radius 1 is 0.976 bits per heavy atom. The van der Waals surface area contributed by atoms with Gasteiger partial charge < -0.3 is 10.2 Å². The number of carbonyl (C=O) groups excluding carboxylic acids is 2.